The molecule has 1 fully saturated rings. The first kappa shape index (κ1) is 20.2. The smallest absolute Gasteiger partial charge is 0.0371 e. The van der Waals surface area contributed by atoms with Crippen LogP contribution in [0.1, 0.15) is 46.5 Å². The fourth-order valence-electron chi connectivity index (χ4n) is 3.16. The van der Waals surface area contributed by atoms with Crippen LogP contribution in [0.25, 0.3) is 0 Å². The SMILES string of the molecule is C=C/C(=C\C=C/C)N(CC(N)CCC)C1CC(=C)/C(=C\C=C/C)C1. The van der Waals surface area contributed by atoms with Crippen molar-refractivity contribution in [3.05, 3.63) is 72.5 Å². The lowest BCUT2D eigenvalue weighted by Gasteiger charge is -2.34. The van der Waals surface area contributed by atoms with Gasteiger partial charge in [-0.1, -0.05) is 56.9 Å². The fourth-order valence-corrected chi connectivity index (χ4v) is 3.16. The van der Waals surface area contributed by atoms with E-state index in [2.05, 4.69) is 55.4 Å². The van der Waals surface area contributed by atoms with E-state index in [4.69, 9.17) is 5.73 Å². The van der Waals surface area contributed by atoms with Crippen LogP contribution in [-0.2, 0) is 0 Å². The van der Waals surface area contributed by atoms with Gasteiger partial charge in [-0.05, 0) is 56.4 Å². The molecule has 2 N–H and O–H groups in total. The standard InChI is InChI=1S/C22H34N2/c1-6-10-13-19-16-22(15-18(19)5)24(17-20(23)12-8-3)21(9-4)14-11-7-2/h6-7,9-11,13-14,20,22H,4-5,8,12,15-17,23H2,1-3H3/b10-6-,11-7-,19-13-,21-14+. The third kappa shape index (κ3) is 6.01. The van der Waals surface area contributed by atoms with Gasteiger partial charge < -0.3 is 10.6 Å². The maximum absolute atomic E-state index is 6.35. The Bertz CT molecular complexity index is 534. The van der Waals surface area contributed by atoms with Gasteiger partial charge >= 0.3 is 0 Å². The first-order valence-corrected chi connectivity index (χ1v) is 9.04. The van der Waals surface area contributed by atoms with Crippen molar-refractivity contribution in [3.63, 3.8) is 0 Å². The van der Waals surface area contributed by atoms with Crippen molar-refractivity contribution in [2.45, 2.75) is 58.5 Å². The second-order valence-electron chi connectivity index (χ2n) is 6.41. The van der Waals surface area contributed by atoms with Gasteiger partial charge in [0.1, 0.15) is 0 Å². The number of nitrogens with zero attached hydrogens (tertiary/aromatic N) is 1. The molecule has 2 heteroatoms. The van der Waals surface area contributed by atoms with Crippen LogP contribution >= 0.6 is 0 Å². The van der Waals surface area contributed by atoms with Crippen molar-refractivity contribution < 1.29 is 0 Å². The van der Waals surface area contributed by atoms with Crippen molar-refractivity contribution in [3.8, 4) is 0 Å². The Morgan fingerprint density at radius 3 is 2.58 bits per heavy atom. The molecule has 1 aliphatic rings. The molecule has 0 spiro atoms. The molecule has 24 heavy (non-hydrogen) atoms. The van der Waals surface area contributed by atoms with Gasteiger partial charge in [-0.25, -0.2) is 0 Å². The minimum absolute atomic E-state index is 0.181. The Labute approximate surface area is 148 Å². The lowest BCUT2D eigenvalue weighted by Crippen LogP contribution is -2.41. The fraction of sp³-hybridized carbons (Fsp3) is 0.455. The summed E-state index contributed by atoms with van der Waals surface area (Å²) in [6, 6.07) is 0.590. The van der Waals surface area contributed by atoms with Gasteiger partial charge in [0.05, 0.1) is 0 Å². The molecule has 132 valence electrons. The van der Waals surface area contributed by atoms with Crippen LogP contribution in [0.3, 0.4) is 0 Å². The zero-order chi connectivity index (χ0) is 17.9. The van der Waals surface area contributed by atoms with E-state index >= 15 is 0 Å². The van der Waals surface area contributed by atoms with Crippen LogP contribution in [0.2, 0.25) is 0 Å². The minimum Gasteiger partial charge on any atom is -0.366 e. The number of hydrogen-bond acceptors (Lipinski definition) is 2. The highest BCUT2D eigenvalue weighted by atomic mass is 15.2. The van der Waals surface area contributed by atoms with Gasteiger partial charge in [-0.2, -0.15) is 0 Å². The van der Waals surface area contributed by atoms with Gasteiger partial charge in [-0.3, -0.25) is 0 Å². The largest absolute Gasteiger partial charge is 0.366 e. The quantitative estimate of drug-likeness (QED) is 0.584. The van der Waals surface area contributed by atoms with Crippen molar-refractivity contribution >= 4 is 0 Å². The third-order valence-corrected chi connectivity index (χ3v) is 4.41. The Balaban J connectivity index is 3.04. The topological polar surface area (TPSA) is 29.3 Å². The molecule has 0 amide bonds. The molecule has 1 saturated carbocycles. The van der Waals surface area contributed by atoms with E-state index in [-0.39, 0.29) is 6.04 Å². The highest BCUT2D eigenvalue weighted by Gasteiger charge is 2.29. The van der Waals surface area contributed by atoms with Gasteiger partial charge in [0.2, 0.25) is 0 Å². The van der Waals surface area contributed by atoms with Crippen LogP contribution in [0.15, 0.2) is 72.5 Å². The van der Waals surface area contributed by atoms with E-state index in [0.717, 1.165) is 37.9 Å². The molecule has 1 aliphatic carbocycles. The summed E-state index contributed by atoms with van der Waals surface area (Å²) in [6.45, 7) is 15.4. The zero-order valence-electron chi connectivity index (χ0n) is 15.7. The van der Waals surface area contributed by atoms with Crippen molar-refractivity contribution in [2.24, 2.45) is 5.73 Å². The van der Waals surface area contributed by atoms with E-state index < -0.39 is 0 Å². The van der Waals surface area contributed by atoms with E-state index in [1.807, 2.05) is 26.0 Å². The molecule has 0 heterocycles. The summed E-state index contributed by atoms with van der Waals surface area (Å²) in [5, 5.41) is 0. The predicted molar refractivity (Wildman–Crippen MR) is 108 cm³/mol. The van der Waals surface area contributed by atoms with Crippen LogP contribution in [-0.4, -0.2) is 23.5 Å². The molecule has 0 radical (unpaired) electrons. The summed E-state index contributed by atoms with van der Waals surface area (Å²) in [5.41, 5.74) is 10.1. The zero-order valence-corrected chi connectivity index (χ0v) is 15.7. The number of hydrogen-bond donors (Lipinski definition) is 1. The van der Waals surface area contributed by atoms with E-state index in [1.165, 1.54) is 11.1 Å². The molecule has 0 saturated heterocycles. The first-order chi connectivity index (χ1) is 11.6. The Kier molecular flexibility index (Phi) is 9.18. The van der Waals surface area contributed by atoms with Gasteiger partial charge in [0, 0.05) is 24.3 Å². The molecule has 2 atom stereocenters. The van der Waals surface area contributed by atoms with Crippen LogP contribution in [0, 0.1) is 0 Å². The second-order valence-corrected chi connectivity index (χ2v) is 6.41. The van der Waals surface area contributed by atoms with E-state index in [1.54, 1.807) is 0 Å². The molecule has 0 aromatic carbocycles. The monoisotopic (exact) mass is 326 g/mol. The maximum Gasteiger partial charge on any atom is 0.0371 e. The second kappa shape index (κ2) is 10.9. The average Bonchev–Trinajstić information content (AvgIpc) is 2.93. The van der Waals surface area contributed by atoms with Crippen LogP contribution in [0.4, 0.5) is 0 Å². The molecule has 2 unspecified atom stereocenters. The number of nitrogens with two attached hydrogens (primary N) is 1. The molecular weight excluding hydrogens is 292 g/mol. The normalized spacial score (nSPS) is 22.0. The summed E-state index contributed by atoms with van der Waals surface area (Å²) in [7, 11) is 0. The predicted octanol–water partition coefficient (Wildman–Crippen LogP) is 5.28. The molecule has 0 bridgehead atoms. The summed E-state index contributed by atoms with van der Waals surface area (Å²) in [4.78, 5) is 2.43. The lowest BCUT2D eigenvalue weighted by molar-refractivity contribution is 0.249. The summed E-state index contributed by atoms with van der Waals surface area (Å²) in [6.07, 6.45) is 18.7. The van der Waals surface area contributed by atoms with Crippen LogP contribution in [0.5, 0.6) is 0 Å². The Morgan fingerprint density at radius 2 is 2.00 bits per heavy atom. The molecule has 1 rings (SSSR count). The van der Waals surface area contributed by atoms with Gasteiger partial charge in [-0.15, -0.1) is 0 Å². The van der Waals surface area contributed by atoms with E-state index in [0.29, 0.717) is 6.04 Å². The lowest BCUT2D eigenvalue weighted by atomic mass is 10.1. The van der Waals surface area contributed by atoms with E-state index in [9.17, 15) is 0 Å². The Morgan fingerprint density at radius 1 is 1.29 bits per heavy atom. The average molecular weight is 327 g/mol. The van der Waals surface area contributed by atoms with Crippen molar-refractivity contribution in [1.82, 2.24) is 4.90 Å². The summed E-state index contributed by atoms with van der Waals surface area (Å²) >= 11 is 0. The molecule has 2 nitrogen and oxygen atoms in total. The molecule has 0 aromatic rings. The molecular formula is C22H34N2. The molecule has 0 aliphatic heterocycles. The van der Waals surface area contributed by atoms with Crippen molar-refractivity contribution in [1.29, 1.82) is 0 Å². The Hall–Kier alpha value is -1.80. The van der Waals surface area contributed by atoms with Gasteiger partial charge in [0.15, 0.2) is 0 Å². The maximum atomic E-state index is 6.35. The van der Waals surface area contributed by atoms with Gasteiger partial charge in [0.25, 0.3) is 0 Å². The van der Waals surface area contributed by atoms with Crippen molar-refractivity contribution in [2.75, 3.05) is 6.54 Å². The summed E-state index contributed by atoms with van der Waals surface area (Å²) in [5.74, 6) is 0. The summed E-state index contributed by atoms with van der Waals surface area (Å²) < 4.78 is 0. The first-order valence-electron chi connectivity index (χ1n) is 9.04. The minimum atomic E-state index is 0.181. The third-order valence-electron chi connectivity index (χ3n) is 4.41. The molecule has 0 aromatic heterocycles. The number of allylic oxidation sites excluding steroid dienone is 7. The van der Waals surface area contributed by atoms with Crippen LogP contribution < -0.4 is 5.73 Å². The highest BCUT2D eigenvalue weighted by Crippen LogP contribution is 2.34. The number of rotatable bonds is 9. The highest BCUT2D eigenvalue weighted by molar-refractivity contribution is 5.38.